The third kappa shape index (κ3) is 4.77. The van der Waals surface area contributed by atoms with Crippen LogP contribution in [0.1, 0.15) is 16.8 Å². The van der Waals surface area contributed by atoms with Crippen molar-refractivity contribution in [3.05, 3.63) is 22.7 Å². The number of morpholine rings is 1. The second kappa shape index (κ2) is 8.72. The Kier molecular flexibility index (Phi) is 6.64. The summed E-state index contributed by atoms with van der Waals surface area (Å²) >= 11 is 6.15. The first kappa shape index (κ1) is 19.8. The Morgan fingerprint density at radius 1 is 1.42 bits per heavy atom. The monoisotopic (exact) mass is 386 g/mol. The van der Waals surface area contributed by atoms with E-state index in [9.17, 15) is 14.4 Å². The fourth-order valence-electron chi connectivity index (χ4n) is 2.59. The van der Waals surface area contributed by atoms with Gasteiger partial charge in [0.25, 0.3) is 11.8 Å². The Hall–Kier alpha value is -2.52. The van der Waals surface area contributed by atoms with Gasteiger partial charge in [0, 0.05) is 12.1 Å². The van der Waals surface area contributed by atoms with Crippen molar-refractivity contribution in [2.75, 3.05) is 33.5 Å². The number of nitrogens with two attached hydrogens (primary N) is 1. The molecule has 10 heteroatoms. The molecule has 0 radical (unpaired) electrons. The maximum atomic E-state index is 12.8. The summed E-state index contributed by atoms with van der Waals surface area (Å²) in [5, 5.41) is 9.08. The van der Waals surface area contributed by atoms with Crippen LogP contribution in [0.5, 0.6) is 11.5 Å². The first-order chi connectivity index (χ1) is 12.3. The molecule has 1 aromatic carbocycles. The number of halogens is 1. The van der Waals surface area contributed by atoms with Crippen LogP contribution in [0.25, 0.3) is 0 Å². The van der Waals surface area contributed by atoms with Crippen LogP contribution >= 0.6 is 11.6 Å². The number of primary amides is 1. The Labute approximate surface area is 154 Å². The van der Waals surface area contributed by atoms with Crippen LogP contribution in [0.3, 0.4) is 0 Å². The van der Waals surface area contributed by atoms with Crippen LogP contribution in [0.2, 0.25) is 5.02 Å². The molecule has 142 valence electrons. The summed E-state index contributed by atoms with van der Waals surface area (Å²) in [6, 6.07) is 2.21. The fourth-order valence-corrected chi connectivity index (χ4v) is 2.85. The zero-order chi connectivity index (χ0) is 19.3. The summed E-state index contributed by atoms with van der Waals surface area (Å²) in [6.07, 6.45) is -0.226. The van der Waals surface area contributed by atoms with Crippen molar-refractivity contribution in [3.63, 3.8) is 0 Å². The number of methoxy groups -OCH3 is 1. The van der Waals surface area contributed by atoms with Gasteiger partial charge >= 0.3 is 5.97 Å². The smallest absolute Gasteiger partial charge is 0.305 e. The number of carbonyl (C=O) groups is 3. The number of benzene rings is 1. The van der Waals surface area contributed by atoms with Crippen LogP contribution in [-0.4, -0.2) is 67.3 Å². The molecule has 9 nitrogen and oxygen atoms in total. The van der Waals surface area contributed by atoms with E-state index in [0.717, 1.165) is 0 Å². The molecule has 0 spiro atoms. The van der Waals surface area contributed by atoms with Crippen molar-refractivity contribution in [1.82, 2.24) is 4.90 Å². The lowest BCUT2D eigenvalue weighted by Gasteiger charge is -2.35. The van der Waals surface area contributed by atoms with Crippen LogP contribution in [0, 0.1) is 0 Å². The van der Waals surface area contributed by atoms with E-state index in [-0.39, 0.29) is 41.7 Å². The lowest BCUT2D eigenvalue weighted by atomic mass is 10.1. The fraction of sp³-hybridized carbons (Fsp3) is 0.438. The van der Waals surface area contributed by atoms with Crippen molar-refractivity contribution in [2.45, 2.75) is 12.5 Å². The van der Waals surface area contributed by atoms with Crippen molar-refractivity contribution < 1.29 is 33.7 Å². The third-order valence-corrected chi connectivity index (χ3v) is 4.01. The van der Waals surface area contributed by atoms with E-state index in [1.54, 1.807) is 0 Å². The normalized spacial score (nSPS) is 16.8. The van der Waals surface area contributed by atoms with Gasteiger partial charge in [0.05, 0.1) is 37.8 Å². The van der Waals surface area contributed by atoms with E-state index < -0.39 is 30.4 Å². The van der Waals surface area contributed by atoms with Gasteiger partial charge < -0.3 is 30.0 Å². The highest BCUT2D eigenvalue weighted by molar-refractivity contribution is 6.32. The number of carboxylic acid groups (broad SMARTS) is 1. The highest BCUT2D eigenvalue weighted by Gasteiger charge is 2.30. The average Bonchev–Trinajstić information content (AvgIpc) is 2.59. The standard InChI is InChI=1S/C16H19ClN2O7/c1-24-12-5-9(4-11(17)15(12)26-8-13(18)20)16(23)19-2-3-25-7-10(19)6-14(21)22/h4-5,10H,2-3,6-8H2,1H3,(H2,18,20)(H,21,22). The number of hydrogen-bond acceptors (Lipinski definition) is 6. The van der Waals surface area contributed by atoms with Gasteiger partial charge in [-0.3, -0.25) is 14.4 Å². The van der Waals surface area contributed by atoms with Crippen molar-refractivity contribution in [2.24, 2.45) is 5.73 Å². The van der Waals surface area contributed by atoms with Crippen molar-refractivity contribution >= 4 is 29.4 Å². The van der Waals surface area contributed by atoms with Crippen molar-refractivity contribution in [1.29, 1.82) is 0 Å². The second-order valence-electron chi connectivity index (χ2n) is 5.57. The van der Waals surface area contributed by atoms with E-state index in [4.69, 9.17) is 36.7 Å². The summed E-state index contributed by atoms with van der Waals surface area (Å²) in [4.78, 5) is 36.2. The predicted octanol–water partition coefficient (Wildman–Crippen LogP) is 0.528. The molecule has 1 aliphatic rings. The van der Waals surface area contributed by atoms with Crippen LogP contribution in [0.4, 0.5) is 0 Å². The number of carbonyl (C=O) groups excluding carboxylic acids is 2. The number of carboxylic acids is 1. The number of nitrogens with zero attached hydrogens (tertiary/aromatic N) is 1. The zero-order valence-electron chi connectivity index (χ0n) is 14.1. The van der Waals surface area contributed by atoms with Crippen LogP contribution in [-0.2, 0) is 14.3 Å². The number of amides is 2. The average molecular weight is 387 g/mol. The van der Waals surface area contributed by atoms with Gasteiger partial charge in [0.1, 0.15) is 0 Å². The Morgan fingerprint density at radius 2 is 2.15 bits per heavy atom. The molecule has 1 saturated heterocycles. The molecule has 0 bridgehead atoms. The van der Waals surface area contributed by atoms with Gasteiger partial charge in [-0.05, 0) is 12.1 Å². The van der Waals surface area contributed by atoms with Gasteiger partial charge in [0.2, 0.25) is 0 Å². The summed E-state index contributed by atoms with van der Waals surface area (Å²) in [7, 11) is 1.36. The Balaban J connectivity index is 2.28. The molecule has 1 aliphatic heterocycles. The summed E-state index contributed by atoms with van der Waals surface area (Å²) in [5.74, 6) is -1.86. The van der Waals surface area contributed by atoms with E-state index in [1.807, 2.05) is 0 Å². The second-order valence-corrected chi connectivity index (χ2v) is 5.98. The maximum absolute atomic E-state index is 12.8. The molecule has 0 saturated carbocycles. The van der Waals surface area contributed by atoms with Gasteiger partial charge in [0.15, 0.2) is 18.1 Å². The quantitative estimate of drug-likeness (QED) is 0.699. The van der Waals surface area contributed by atoms with E-state index >= 15 is 0 Å². The minimum atomic E-state index is -1.02. The van der Waals surface area contributed by atoms with Gasteiger partial charge in [-0.25, -0.2) is 0 Å². The highest BCUT2D eigenvalue weighted by atomic mass is 35.5. The molecule has 3 N–H and O–H groups in total. The topological polar surface area (TPSA) is 128 Å². The lowest BCUT2D eigenvalue weighted by Crippen LogP contribution is -2.49. The first-order valence-electron chi connectivity index (χ1n) is 7.72. The maximum Gasteiger partial charge on any atom is 0.305 e. The number of ether oxygens (including phenoxy) is 3. The first-order valence-corrected chi connectivity index (χ1v) is 8.10. The lowest BCUT2D eigenvalue weighted by molar-refractivity contribution is -0.139. The van der Waals surface area contributed by atoms with Crippen molar-refractivity contribution in [3.8, 4) is 11.5 Å². The Morgan fingerprint density at radius 3 is 2.77 bits per heavy atom. The largest absolute Gasteiger partial charge is 0.493 e. The number of rotatable bonds is 7. The van der Waals surface area contributed by atoms with E-state index in [0.29, 0.717) is 6.61 Å². The Bertz CT molecular complexity index is 710. The highest BCUT2D eigenvalue weighted by Crippen LogP contribution is 2.37. The molecule has 1 fully saturated rings. The number of hydrogen-bond donors (Lipinski definition) is 2. The predicted molar refractivity (Wildman–Crippen MR) is 90.6 cm³/mol. The molecule has 2 amide bonds. The van der Waals surface area contributed by atoms with Gasteiger partial charge in [-0.1, -0.05) is 11.6 Å². The molecule has 1 heterocycles. The minimum Gasteiger partial charge on any atom is -0.493 e. The molecule has 1 unspecified atom stereocenters. The molecule has 26 heavy (non-hydrogen) atoms. The zero-order valence-corrected chi connectivity index (χ0v) is 14.8. The molecular formula is C16H19ClN2O7. The SMILES string of the molecule is COc1cc(C(=O)N2CCOCC2CC(=O)O)cc(Cl)c1OCC(N)=O. The third-order valence-electron chi connectivity index (χ3n) is 3.73. The van der Waals surface area contributed by atoms with Crippen LogP contribution in [0.15, 0.2) is 12.1 Å². The van der Waals surface area contributed by atoms with Gasteiger partial charge in [-0.2, -0.15) is 0 Å². The summed E-state index contributed by atoms with van der Waals surface area (Å²) in [5.41, 5.74) is 5.25. The van der Waals surface area contributed by atoms with Crippen LogP contribution < -0.4 is 15.2 Å². The van der Waals surface area contributed by atoms with E-state index in [1.165, 1.54) is 24.1 Å². The molecule has 2 rings (SSSR count). The molecular weight excluding hydrogens is 368 g/mol. The molecule has 0 aromatic heterocycles. The summed E-state index contributed by atoms with van der Waals surface area (Å²) in [6.45, 7) is 0.319. The number of aliphatic carboxylic acids is 1. The molecule has 0 aliphatic carbocycles. The minimum absolute atomic E-state index is 0.0667. The van der Waals surface area contributed by atoms with Gasteiger partial charge in [-0.15, -0.1) is 0 Å². The molecule has 1 atom stereocenters. The molecule has 1 aromatic rings. The van der Waals surface area contributed by atoms with E-state index in [2.05, 4.69) is 0 Å². The summed E-state index contributed by atoms with van der Waals surface area (Å²) < 4.78 is 15.7.